The first kappa shape index (κ1) is 19.5. The Morgan fingerprint density at radius 3 is 2.43 bits per heavy atom. The fourth-order valence-electron chi connectivity index (χ4n) is 2.51. The normalized spacial score (nSPS) is 12.9. The Labute approximate surface area is 163 Å². The van der Waals surface area contributed by atoms with E-state index in [1.807, 2.05) is 12.1 Å². The summed E-state index contributed by atoms with van der Waals surface area (Å²) in [5.41, 5.74) is 1.02. The number of amides is 1. The topological polar surface area (TPSA) is 94.1 Å². The van der Waals surface area contributed by atoms with Crippen molar-refractivity contribution in [1.82, 2.24) is 0 Å². The van der Waals surface area contributed by atoms with E-state index in [0.717, 1.165) is 12.4 Å². The monoisotopic (exact) mass is 385 g/mol. The Balaban J connectivity index is 1.63. The predicted octanol–water partition coefficient (Wildman–Crippen LogP) is 3.59. The fourth-order valence-corrected chi connectivity index (χ4v) is 2.51. The molecule has 1 amide bonds. The third-order valence-corrected chi connectivity index (χ3v) is 4.15. The van der Waals surface area contributed by atoms with Crippen LogP contribution in [-0.2, 0) is 4.79 Å². The van der Waals surface area contributed by atoms with Gasteiger partial charge in [0.15, 0.2) is 18.1 Å². The molecule has 0 atom stereocenters. The summed E-state index contributed by atoms with van der Waals surface area (Å²) >= 11 is 0. The highest BCUT2D eigenvalue weighted by molar-refractivity contribution is 6.04. The smallest absolute Gasteiger partial charge is 0.341 e. The Bertz CT molecular complexity index is 829. The lowest BCUT2D eigenvalue weighted by molar-refractivity contribution is -0.139. The molecule has 1 fully saturated rings. The molecule has 28 heavy (non-hydrogen) atoms. The molecule has 0 radical (unpaired) electrons. The van der Waals surface area contributed by atoms with Crippen LogP contribution >= 0.6 is 0 Å². The standard InChI is InChI=1S/C21H23NO6/c1-2-26-19-11-15(5-10-18(19)28-13-20(23)24)21(25)22-16-6-8-17(9-7-16)27-12-14-3-4-14/h5-11,14H,2-4,12-13H2,1H3,(H,22,25)(H,23,24). The lowest BCUT2D eigenvalue weighted by atomic mass is 10.1. The van der Waals surface area contributed by atoms with E-state index in [2.05, 4.69) is 5.32 Å². The van der Waals surface area contributed by atoms with E-state index in [0.29, 0.717) is 29.5 Å². The molecule has 1 saturated carbocycles. The van der Waals surface area contributed by atoms with Crippen molar-refractivity contribution in [1.29, 1.82) is 0 Å². The summed E-state index contributed by atoms with van der Waals surface area (Å²) in [7, 11) is 0. The first-order chi connectivity index (χ1) is 13.5. The van der Waals surface area contributed by atoms with Gasteiger partial charge < -0.3 is 24.6 Å². The van der Waals surface area contributed by atoms with E-state index >= 15 is 0 Å². The number of rotatable bonds is 10. The van der Waals surface area contributed by atoms with Crippen LogP contribution in [0.25, 0.3) is 0 Å². The number of aliphatic carboxylic acids is 1. The van der Waals surface area contributed by atoms with Gasteiger partial charge in [0.05, 0.1) is 13.2 Å². The van der Waals surface area contributed by atoms with Crippen molar-refractivity contribution < 1.29 is 28.9 Å². The molecule has 0 heterocycles. The summed E-state index contributed by atoms with van der Waals surface area (Å²) in [6.45, 7) is 2.40. The second-order valence-electron chi connectivity index (χ2n) is 6.51. The van der Waals surface area contributed by atoms with Gasteiger partial charge in [-0.05, 0) is 68.1 Å². The second kappa shape index (κ2) is 9.12. The molecule has 0 aromatic heterocycles. The largest absolute Gasteiger partial charge is 0.493 e. The van der Waals surface area contributed by atoms with Crippen LogP contribution in [0.5, 0.6) is 17.2 Å². The van der Waals surface area contributed by atoms with Crippen molar-refractivity contribution >= 4 is 17.6 Å². The molecule has 2 aromatic rings. The minimum Gasteiger partial charge on any atom is -0.493 e. The molecule has 7 heteroatoms. The van der Waals surface area contributed by atoms with Crippen LogP contribution in [0, 0.1) is 5.92 Å². The molecular formula is C21H23NO6. The van der Waals surface area contributed by atoms with Crippen molar-refractivity contribution in [2.75, 3.05) is 25.1 Å². The van der Waals surface area contributed by atoms with Crippen molar-refractivity contribution in [3.63, 3.8) is 0 Å². The number of carboxylic acid groups (broad SMARTS) is 1. The molecule has 0 aliphatic heterocycles. The van der Waals surface area contributed by atoms with Gasteiger partial charge in [-0.2, -0.15) is 0 Å². The van der Waals surface area contributed by atoms with Crippen molar-refractivity contribution in [2.24, 2.45) is 5.92 Å². The van der Waals surface area contributed by atoms with Gasteiger partial charge in [-0.15, -0.1) is 0 Å². The van der Waals surface area contributed by atoms with E-state index in [4.69, 9.17) is 19.3 Å². The Morgan fingerprint density at radius 1 is 1.04 bits per heavy atom. The first-order valence-electron chi connectivity index (χ1n) is 9.21. The molecule has 2 N–H and O–H groups in total. The third-order valence-electron chi connectivity index (χ3n) is 4.15. The lowest BCUT2D eigenvalue weighted by Gasteiger charge is -2.13. The summed E-state index contributed by atoms with van der Waals surface area (Å²) in [5.74, 6) is 0.661. The summed E-state index contributed by atoms with van der Waals surface area (Å²) < 4.78 is 16.3. The van der Waals surface area contributed by atoms with Gasteiger partial charge in [0, 0.05) is 11.3 Å². The molecule has 1 aliphatic rings. The van der Waals surface area contributed by atoms with Crippen LogP contribution in [0.1, 0.15) is 30.1 Å². The van der Waals surface area contributed by atoms with Crippen molar-refractivity contribution in [3.05, 3.63) is 48.0 Å². The number of anilines is 1. The van der Waals surface area contributed by atoms with Gasteiger partial charge >= 0.3 is 5.97 Å². The Hall–Kier alpha value is -3.22. The molecular weight excluding hydrogens is 362 g/mol. The Morgan fingerprint density at radius 2 is 1.79 bits per heavy atom. The van der Waals surface area contributed by atoms with Crippen LogP contribution < -0.4 is 19.5 Å². The molecule has 1 aliphatic carbocycles. The van der Waals surface area contributed by atoms with Gasteiger partial charge in [-0.1, -0.05) is 0 Å². The number of hydrogen-bond donors (Lipinski definition) is 2. The zero-order valence-corrected chi connectivity index (χ0v) is 15.6. The zero-order valence-electron chi connectivity index (χ0n) is 15.6. The lowest BCUT2D eigenvalue weighted by Crippen LogP contribution is -2.13. The molecule has 2 aromatic carbocycles. The van der Waals surface area contributed by atoms with Gasteiger partial charge in [-0.3, -0.25) is 4.79 Å². The number of ether oxygens (including phenoxy) is 3. The third kappa shape index (κ3) is 5.64. The average Bonchev–Trinajstić information content (AvgIpc) is 3.51. The maximum absolute atomic E-state index is 12.5. The highest BCUT2D eigenvalue weighted by atomic mass is 16.5. The first-order valence-corrected chi connectivity index (χ1v) is 9.21. The molecule has 3 rings (SSSR count). The number of carboxylic acids is 1. The van der Waals surface area contributed by atoms with Crippen LogP contribution in [0.4, 0.5) is 5.69 Å². The molecule has 148 valence electrons. The van der Waals surface area contributed by atoms with E-state index in [-0.39, 0.29) is 11.7 Å². The van der Waals surface area contributed by atoms with Crippen molar-refractivity contribution in [3.8, 4) is 17.2 Å². The number of carbonyl (C=O) groups is 2. The molecule has 7 nitrogen and oxygen atoms in total. The number of nitrogens with one attached hydrogen (secondary N) is 1. The minimum absolute atomic E-state index is 0.276. The zero-order chi connectivity index (χ0) is 19.9. The number of carbonyl (C=O) groups excluding carboxylic acids is 1. The van der Waals surface area contributed by atoms with E-state index < -0.39 is 12.6 Å². The van der Waals surface area contributed by atoms with E-state index in [1.165, 1.54) is 25.0 Å². The number of benzene rings is 2. The molecule has 0 spiro atoms. The SMILES string of the molecule is CCOc1cc(C(=O)Nc2ccc(OCC3CC3)cc2)ccc1OCC(=O)O. The van der Waals surface area contributed by atoms with Gasteiger partial charge in [0.25, 0.3) is 5.91 Å². The number of hydrogen-bond acceptors (Lipinski definition) is 5. The van der Waals surface area contributed by atoms with Gasteiger partial charge in [-0.25, -0.2) is 4.79 Å². The van der Waals surface area contributed by atoms with Crippen LogP contribution in [0.15, 0.2) is 42.5 Å². The van der Waals surface area contributed by atoms with Gasteiger partial charge in [0.2, 0.25) is 0 Å². The maximum atomic E-state index is 12.5. The van der Waals surface area contributed by atoms with Crippen LogP contribution in [0.2, 0.25) is 0 Å². The van der Waals surface area contributed by atoms with Crippen molar-refractivity contribution in [2.45, 2.75) is 19.8 Å². The average molecular weight is 385 g/mol. The summed E-state index contributed by atoms with van der Waals surface area (Å²) in [6.07, 6.45) is 2.47. The second-order valence-corrected chi connectivity index (χ2v) is 6.51. The van der Waals surface area contributed by atoms with E-state index in [1.54, 1.807) is 25.1 Å². The van der Waals surface area contributed by atoms with Crippen LogP contribution in [0.3, 0.4) is 0 Å². The highest BCUT2D eigenvalue weighted by Crippen LogP contribution is 2.30. The fraction of sp³-hybridized carbons (Fsp3) is 0.333. The summed E-state index contributed by atoms with van der Waals surface area (Å²) in [6, 6.07) is 11.8. The quantitative estimate of drug-likeness (QED) is 0.649. The minimum atomic E-state index is -1.09. The highest BCUT2D eigenvalue weighted by Gasteiger charge is 2.21. The summed E-state index contributed by atoms with van der Waals surface area (Å²) in [4.78, 5) is 23.2. The predicted molar refractivity (Wildman–Crippen MR) is 103 cm³/mol. The summed E-state index contributed by atoms with van der Waals surface area (Å²) in [5, 5.41) is 11.6. The maximum Gasteiger partial charge on any atom is 0.341 e. The molecule has 0 unspecified atom stereocenters. The molecule has 0 saturated heterocycles. The Kier molecular flexibility index (Phi) is 6.37. The molecule has 0 bridgehead atoms. The van der Waals surface area contributed by atoms with Crippen LogP contribution in [-0.4, -0.2) is 36.8 Å². The van der Waals surface area contributed by atoms with Gasteiger partial charge in [0.1, 0.15) is 5.75 Å². The van der Waals surface area contributed by atoms with E-state index in [9.17, 15) is 9.59 Å².